The summed E-state index contributed by atoms with van der Waals surface area (Å²) in [5, 5.41) is 6.93. The van der Waals surface area contributed by atoms with Gasteiger partial charge in [-0.15, -0.1) is 11.3 Å². The Kier molecular flexibility index (Phi) is 5.33. The van der Waals surface area contributed by atoms with E-state index in [9.17, 15) is 0 Å². The Bertz CT molecular complexity index is 1300. The summed E-state index contributed by atoms with van der Waals surface area (Å²) in [4.78, 5) is 5.85. The Labute approximate surface area is 185 Å². The van der Waals surface area contributed by atoms with Crippen LogP contribution in [0.25, 0.3) is 33.8 Å². The maximum Gasteiger partial charge on any atom is 0.226 e. The molecule has 0 spiro atoms. The van der Waals surface area contributed by atoms with Gasteiger partial charge in [-0.1, -0.05) is 54.6 Å². The van der Waals surface area contributed by atoms with E-state index in [0.717, 1.165) is 38.8 Å². The standard InChI is InChI=1S/C26H21N3OS/c1-19-23(27-26(30-19)20-10-4-2-5-11-20)15-8-12-21-18-29(22-13-6-3-7-14-22)28-25(21)24-16-9-17-31-24/h2-14,16-18H,15H2,1H3/b12-8+. The van der Waals surface area contributed by atoms with Gasteiger partial charge in [-0.3, -0.25) is 0 Å². The number of aromatic nitrogens is 3. The average Bonchev–Trinajstić information content (AvgIpc) is 3.55. The molecule has 0 N–H and O–H groups in total. The highest BCUT2D eigenvalue weighted by Crippen LogP contribution is 2.29. The van der Waals surface area contributed by atoms with E-state index in [1.54, 1.807) is 11.3 Å². The summed E-state index contributed by atoms with van der Waals surface area (Å²) in [6.07, 6.45) is 7.02. The molecule has 5 rings (SSSR count). The minimum atomic E-state index is 0.665. The monoisotopic (exact) mass is 423 g/mol. The topological polar surface area (TPSA) is 43.9 Å². The highest BCUT2D eigenvalue weighted by molar-refractivity contribution is 7.13. The molecule has 0 atom stereocenters. The van der Waals surface area contributed by atoms with Crippen molar-refractivity contribution >= 4 is 17.4 Å². The zero-order valence-electron chi connectivity index (χ0n) is 17.1. The molecule has 0 unspecified atom stereocenters. The fourth-order valence-corrected chi connectivity index (χ4v) is 4.18. The van der Waals surface area contributed by atoms with Crippen molar-refractivity contribution in [2.45, 2.75) is 13.3 Å². The Hall–Kier alpha value is -3.70. The SMILES string of the molecule is Cc1oc(-c2ccccc2)nc1C/C=C/c1cn(-c2ccccc2)nc1-c1cccs1. The molecule has 31 heavy (non-hydrogen) atoms. The molecule has 0 saturated heterocycles. The smallest absolute Gasteiger partial charge is 0.226 e. The molecule has 5 aromatic rings. The van der Waals surface area contributed by atoms with Crippen LogP contribution in [-0.4, -0.2) is 14.8 Å². The van der Waals surface area contributed by atoms with E-state index in [1.165, 1.54) is 0 Å². The van der Waals surface area contributed by atoms with Gasteiger partial charge in [-0.25, -0.2) is 9.67 Å². The third-order valence-corrected chi connectivity index (χ3v) is 5.92. The van der Waals surface area contributed by atoms with Gasteiger partial charge in [-0.05, 0) is 42.6 Å². The second kappa shape index (κ2) is 8.58. The molecule has 0 aliphatic rings. The average molecular weight is 424 g/mol. The van der Waals surface area contributed by atoms with E-state index in [0.29, 0.717) is 12.3 Å². The van der Waals surface area contributed by atoms with Crippen molar-refractivity contribution in [3.63, 3.8) is 0 Å². The molecule has 0 radical (unpaired) electrons. The van der Waals surface area contributed by atoms with Gasteiger partial charge in [0.15, 0.2) is 0 Å². The Balaban J connectivity index is 1.42. The predicted octanol–water partition coefficient (Wildman–Crippen LogP) is 6.82. The van der Waals surface area contributed by atoms with Gasteiger partial charge in [0.2, 0.25) is 5.89 Å². The first-order valence-corrected chi connectivity index (χ1v) is 11.0. The number of benzene rings is 2. The molecule has 2 aromatic carbocycles. The maximum atomic E-state index is 5.89. The second-order valence-electron chi connectivity index (χ2n) is 7.18. The van der Waals surface area contributed by atoms with Crippen LogP contribution in [0.3, 0.4) is 0 Å². The Morgan fingerprint density at radius 2 is 1.74 bits per heavy atom. The quantitative estimate of drug-likeness (QED) is 0.301. The van der Waals surface area contributed by atoms with E-state index < -0.39 is 0 Å². The van der Waals surface area contributed by atoms with Gasteiger partial charge in [0.25, 0.3) is 0 Å². The van der Waals surface area contributed by atoms with Gasteiger partial charge >= 0.3 is 0 Å². The van der Waals surface area contributed by atoms with E-state index in [4.69, 9.17) is 14.5 Å². The van der Waals surface area contributed by atoms with E-state index in [2.05, 4.69) is 48.0 Å². The van der Waals surface area contributed by atoms with Crippen molar-refractivity contribution in [1.82, 2.24) is 14.8 Å². The molecule has 5 heteroatoms. The summed E-state index contributed by atoms with van der Waals surface area (Å²) in [6.45, 7) is 1.97. The first-order chi connectivity index (χ1) is 15.3. The molecular formula is C26H21N3OS. The first kappa shape index (κ1) is 19.3. The van der Waals surface area contributed by atoms with Crippen molar-refractivity contribution in [3.8, 4) is 27.7 Å². The van der Waals surface area contributed by atoms with Crippen LogP contribution in [0.4, 0.5) is 0 Å². The third kappa shape index (κ3) is 4.13. The van der Waals surface area contributed by atoms with Crippen LogP contribution < -0.4 is 0 Å². The summed E-state index contributed by atoms with van der Waals surface area (Å²) >= 11 is 1.69. The summed E-state index contributed by atoms with van der Waals surface area (Å²) in [7, 11) is 0. The lowest BCUT2D eigenvalue weighted by molar-refractivity contribution is 0.540. The number of para-hydroxylation sites is 1. The van der Waals surface area contributed by atoms with Crippen molar-refractivity contribution in [3.05, 3.63) is 107 Å². The second-order valence-corrected chi connectivity index (χ2v) is 8.13. The number of rotatable bonds is 6. The number of hydrogen-bond donors (Lipinski definition) is 0. The molecule has 4 nitrogen and oxygen atoms in total. The fraction of sp³-hybridized carbons (Fsp3) is 0.0769. The van der Waals surface area contributed by atoms with Crippen LogP contribution in [0, 0.1) is 6.92 Å². The summed E-state index contributed by atoms with van der Waals surface area (Å²) in [6, 6.07) is 24.3. The van der Waals surface area contributed by atoms with Gasteiger partial charge in [0.1, 0.15) is 11.5 Å². The van der Waals surface area contributed by atoms with Crippen molar-refractivity contribution in [1.29, 1.82) is 0 Å². The number of hydrogen-bond acceptors (Lipinski definition) is 4. The molecule has 0 aliphatic heterocycles. The normalized spacial score (nSPS) is 11.4. The molecule has 0 bridgehead atoms. The van der Waals surface area contributed by atoms with Gasteiger partial charge in [0.05, 0.1) is 16.3 Å². The number of thiophene rings is 1. The molecule has 0 saturated carbocycles. The van der Waals surface area contributed by atoms with E-state index in [-0.39, 0.29) is 0 Å². The van der Waals surface area contributed by atoms with Gasteiger partial charge in [0, 0.05) is 23.7 Å². The molecule has 3 aromatic heterocycles. The highest BCUT2D eigenvalue weighted by Gasteiger charge is 2.12. The van der Waals surface area contributed by atoms with Crippen LogP contribution >= 0.6 is 11.3 Å². The van der Waals surface area contributed by atoms with Gasteiger partial charge < -0.3 is 4.42 Å². The summed E-state index contributed by atoms with van der Waals surface area (Å²) in [5.74, 6) is 1.51. The predicted molar refractivity (Wildman–Crippen MR) is 126 cm³/mol. The third-order valence-electron chi connectivity index (χ3n) is 5.04. The lowest BCUT2D eigenvalue weighted by Crippen LogP contribution is -1.93. The minimum Gasteiger partial charge on any atom is -0.441 e. The van der Waals surface area contributed by atoms with Crippen molar-refractivity contribution in [2.24, 2.45) is 0 Å². The molecule has 0 amide bonds. The van der Waals surface area contributed by atoms with Crippen molar-refractivity contribution in [2.75, 3.05) is 0 Å². The zero-order chi connectivity index (χ0) is 21.0. The van der Waals surface area contributed by atoms with Crippen LogP contribution in [0.1, 0.15) is 17.0 Å². The van der Waals surface area contributed by atoms with Crippen LogP contribution in [0.15, 0.2) is 94.9 Å². The van der Waals surface area contributed by atoms with Crippen molar-refractivity contribution < 1.29 is 4.42 Å². The zero-order valence-corrected chi connectivity index (χ0v) is 17.9. The first-order valence-electron chi connectivity index (χ1n) is 10.1. The number of allylic oxidation sites excluding steroid dienone is 1. The number of oxazole rings is 1. The minimum absolute atomic E-state index is 0.665. The Morgan fingerprint density at radius 3 is 2.48 bits per heavy atom. The molecule has 0 fully saturated rings. The van der Waals surface area contributed by atoms with Crippen LogP contribution in [-0.2, 0) is 6.42 Å². The molecule has 152 valence electrons. The number of nitrogens with zero attached hydrogens (tertiary/aromatic N) is 3. The maximum absolute atomic E-state index is 5.89. The molecule has 0 aliphatic carbocycles. The van der Waals surface area contributed by atoms with E-state index in [1.807, 2.05) is 60.1 Å². The summed E-state index contributed by atoms with van der Waals surface area (Å²) < 4.78 is 7.82. The van der Waals surface area contributed by atoms with Gasteiger partial charge in [-0.2, -0.15) is 5.10 Å². The largest absolute Gasteiger partial charge is 0.441 e. The lowest BCUT2D eigenvalue weighted by Gasteiger charge is -1.99. The molecular weight excluding hydrogens is 402 g/mol. The van der Waals surface area contributed by atoms with E-state index >= 15 is 0 Å². The number of aryl methyl sites for hydroxylation is 1. The fourth-order valence-electron chi connectivity index (χ4n) is 3.45. The highest BCUT2D eigenvalue weighted by atomic mass is 32.1. The lowest BCUT2D eigenvalue weighted by atomic mass is 10.1. The van der Waals surface area contributed by atoms with Crippen LogP contribution in [0.2, 0.25) is 0 Å². The summed E-state index contributed by atoms with van der Waals surface area (Å²) in [5.41, 5.74) is 5.04. The molecule has 3 heterocycles. The Morgan fingerprint density at radius 1 is 0.968 bits per heavy atom. The van der Waals surface area contributed by atoms with Crippen LogP contribution in [0.5, 0.6) is 0 Å².